The molecule has 0 aromatic carbocycles. The number of rotatable bonds is 3. The summed E-state index contributed by atoms with van der Waals surface area (Å²) in [6, 6.07) is 2.38. The molecule has 0 aliphatic carbocycles. The highest BCUT2D eigenvalue weighted by Crippen LogP contribution is 2.09. The Morgan fingerprint density at radius 1 is 1.53 bits per heavy atom. The Morgan fingerprint density at radius 3 is 2.88 bits per heavy atom. The summed E-state index contributed by atoms with van der Waals surface area (Å²) in [5.41, 5.74) is 0.369. The molecule has 0 atom stereocenters. The first-order chi connectivity index (χ1) is 8.06. The van der Waals surface area contributed by atoms with Crippen molar-refractivity contribution in [3.63, 3.8) is 0 Å². The normalized spacial score (nSPS) is 10.4. The van der Waals surface area contributed by atoms with Crippen LogP contribution in [0.3, 0.4) is 0 Å². The van der Waals surface area contributed by atoms with Crippen LogP contribution in [0.15, 0.2) is 22.3 Å². The van der Waals surface area contributed by atoms with Crippen molar-refractivity contribution in [2.45, 2.75) is 13.5 Å². The summed E-state index contributed by atoms with van der Waals surface area (Å²) in [6.45, 7) is 2.04. The van der Waals surface area contributed by atoms with Crippen LogP contribution in [0.4, 0.5) is 0 Å². The van der Waals surface area contributed by atoms with E-state index in [1.807, 2.05) is 12.3 Å². The quantitative estimate of drug-likeness (QED) is 0.870. The molecule has 0 unspecified atom stereocenters. The van der Waals surface area contributed by atoms with E-state index in [9.17, 15) is 9.59 Å². The van der Waals surface area contributed by atoms with Gasteiger partial charge in [-0.15, -0.1) is 11.3 Å². The Hall–Kier alpha value is -2.02. The number of nitrogens with zero attached hydrogens (tertiary/aromatic N) is 3. The molecule has 0 radical (unpaired) electrons. The number of aromatic nitrogens is 3. The van der Waals surface area contributed by atoms with Gasteiger partial charge in [0.2, 0.25) is 0 Å². The summed E-state index contributed by atoms with van der Waals surface area (Å²) >= 11 is 1.41. The Balaban J connectivity index is 2.35. The third kappa shape index (κ3) is 2.56. The molecule has 17 heavy (non-hydrogen) atoms. The lowest BCUT2D eigenvalue weighted by Crippen LogP contribution is -2.24. The highest BCUT2D eigenvalue weighted by molar-refractivity contribution is 7.09. The highest BCUT2D eigenvalue weighted by atomic mass is 32.1. The van der Waals surface area contributed by atoms with Crippen molar-refractivity contribution in [1.82, 2.24) is 14.8 Å². The second kappa shape index (κ2) is 4.46. The molecule has 6 nitrogen and oxygen atoms in total. The summed E-state index contributed by atoms with van der Waals surface area (Å²) in [5.74, 6) is -1.16. The van der Waals surface area contributed by atoms with Crippen LogP contribution in [-0.2, 0) is 6.54 Å². The molecule has 0 saturated heterocycles. The van der Waals surface area contributed by atoms with Crippen LogP contribution in [0, 0.1) is 6.92 Å². The average molecular weight is 251 g/mol. The lowest BCUT2D eigenvalue weighted by atomic mass is 10.4. The molecule has 0 aliphatic heterocycles. The van der Waals surface area contributed by atoms with Gasteiger partial charge in [-0.05, 0) is 13.0 Å². The molecule has 0 saturated carbocycles. The fourth-order valence-electron chi connectivity index (χ4n) is 1.28. The maximum absolute atomic E-state index is 11.5. The zero-order valence-corrected chi connectivity index (χ0v) is 9.77. The minimum Gasteiger partial charge on any atom is -0.476 e. The first-order valence-electron chi connectivity index (χ1n) is 4.79. The maximum atomic E-state index is 11.5. The van der Waals surface area contributed by atoms with Gasteiger partial charge in [0.15, 0.2) is 5.69 Å². The summed E-state index contributed by atoms with van der Waals surface area (Å²) in [4.78, 5) is 26.4. The number of carboxylic acids is 1. The van der Waals surface area contributed by atoms with Crippen molar-refractivity contribution in [2.24, 2.45) is 0 Å². The minimum atomic E-state index is -1.16. The van der Waals surface area contributed by atoms with Crippen molar-refractivity contribution in [3.05, 3.63) is 44.3 Å². The van der Waals surface area contributed by atoms with E-state index in [0.29, 0.717) is 0 Å². The average Bonchev–Trinajstić information content (AvgIpc) is 2.67. The molecule has 0 spiro atoms. The van der Waals surface area contributed by atoms with Gasteiger partial charge in [0.05, 0.1) is 6.54 Å². The van der Waals surface area contributed by atoms with Crippen molar-refractivity contribution in [1.29, 1.82) is 0 Å². The number of hydrogen-bond donors (Lipinski definition) is 1. The molecule has 2 aromatic heterocycles. The molecule has 7 heteroatoms. The number of thiazole rings is 1. The molecule has 0 fully saturated rings. The third-order valence-electron chi connectivity index (χ3n) is 2.04. The van der Waals surface area contributed by atoms with Gasteiger partial charge >= 0.3 is 5.97 Å². The number of hydrogen-bond acceptors (Lipinski definition) is 5. The van der Waals surface area contributed by atoms with Crippen LogP contribution in [0.1, 0.15) is 21.2 Å². The molecule has 0 amide bonds. The Labute approximate surface area is 100 Å². The first-order valence-corrected chi connectivity index (χ1v) is 5.66. The molecule has 1 N–H and O–H groups in total. The van der Waals surface area contributed by atoms with E-state index < -0.39 is 5.97 Å². The summed E-state index contributed by atoms with van der Waals surface area (Å²) in [6.07, 6.45) is 0. The SMILES string of the molecule is Cc1csc(Cn2nc(C(=O)O)ccc2=O)n1. The van der Waals surface area contributed by atoms with Gasteiger partial charge in [-0.1, -0.05) is 0 Å². The third-order valence-corrected chi connectivity index (χ3v) is 2.99. The summed E-state index contributed by atoms with van der Waals surface area (Å²) in [7, 11) is 0. The fourth-order valence-corrected chi connectivity index (χ4v) is 2.03. The van der Waals surface area contributed by atoms with Crippen molar-refractivity contribution in [2.75, 3.05) is 0 Å². The maximum Gasteiger partial charge on any atom is 0.356 e. The van der Waals surface area contributed by atoms with Crippen LogP contribution in [0.25, 0.3) is 0 Å². The van der Waals surface area contributed by atoms with Crippen molar-refractivity contribution >= 4 is 17.3 Å². The van der Waals surface area contributed by atoms with Crippen LogP contribution in [0.2, 0.25) is 0 Å². The van der Waals surface area contributed by atoms with Gasteiger partial charge in [-0.2, -0.15) is 5.10 Å². The standard InChI is InChI=1S/C10H9N3O3S/c1-6-5-17-8(11-6)4-13-9(14)3-2-7(12-13)10(15)16/h2-3,5H,4H2,1H3,(H,15,16). The van der Waals surface area contributed by atoms with Crippen LogP contribution in [-0.4, -0.2) is 25.8 Å². The Kier molecular flexibility index (Phi) is 3.01. The second-order valence-electron chi connectivity index (χ2n) is 3.40. The summed E-state index contributed by atoms with van der Waals surface area (Å²) < 4.78 is 1.10. The van der Waals surface area contributed by atoms with Crippen molar-refractivity contribution in [3.8, 4) is 0 Å². The van der Waals surface area contributed by atoms with Crippen molar-refractivity contribution < 1.29 is 9.90 Å². The zero-order valence-electron chi connectivity index (χ0n) is 8.95. The number of aromatic carboxylic acids is 1. The second-order valence-corrected chi connectivity index (χ2v) is 4.34. The zero-order chi connectivity index (χ0) is 12.4. The highest BCUT2D eigenvalue weighted by Gasteiger charge is 2.08. The summed E-state index contributed by atoms with van der Waals surface area (Å²) in [5, 5.41) is 15.1. The van der Waals surface area contributed by atoms with Crippen LogP contribution in [0.5, 0.6) is 0 Å². The van der Waals surface area contributed by atoms with E-state index in [4.69, 9.17) is 5.11 Å². The molecule has 2 rings (SSSR count). The van der Waals surface area contributed by atoms with Gasteiger partial charge in [-0.25, -0.2) is 14.5 Å². The fraction of sp³-hybridized carbons (Fsp3) is 0.200. The number of carbonyl (C=O) groups is 1. The number of carboxylic acid groups (broad SMARTS) is 1. The topological polar surface area (TPSA) is 85.1 Å². The van der Waals surface area contributed by atoms with E-state index in [0.717, 1.165) is 15.4 Å². The molecule has 2 aromatic rings. The Bertz CT molecular complexity index is 617. The van der Waals surface area contributed by atoms with E-state index in [1.165, 1.54) is 23.5 Å². The lowest BCUT2D eigenvalue weighted by molar-refractivity contribution is 0.0687. The van der Waals surface area contributed by atoms with Crippen LogP contribution >= 0.6 is 11.3 Å². The van der Waals surface area contributed by atoms with Gasteiger partial charge in [0.25, 0.3) is 5.56 Å². The largest absolute Gasteiger partial charge is 0.476 e. The lowest BCUT2D eigenvalue weighted by Gasteiger charge is -2.02. The molecule has 0 aliphatic rings. The Morgan fingerprint density at radius 2 is 2.29 bits per heavy atom. The molecule has 2 heterocycles. The predicted octanol–water partition coefficient (Wildman–Crippen LogP) is 0.755. The van der Waals surface area contributed by atoms with Gasteiger partial charge in [-0.3, -0.25) is 4.79 Å². The van der Waals surface area contributed by atoms with Gasteiger partial charge < -0.3 is 5.11 Å². The molecule has 0 bridgehead atoms. The molecular weight excluding hydrogens is 242 g/mol. The van der Waals surface area contributed by atoms with Gasteiger partial charge in [0, 0.05) is 17.1 Å². The number of aryl methyl sites for hydroxylation is 1. The van der Waals surface area contributed by atoms with E-state index >= 15 is 0 Å². The monoisotopic (exact) mass is 251 g/mol. The molecule has 88 valence electrons. The van der Waals surface area contributed by atoms with Crippen LogP contribution < -0.4 is 5.56 Å². The van der Waals surface area contributed by atoms with E-state index in [1.54, 1.807) is 0 Å². The minimum absolute atomic E-state index is 0.155. The van der Waals surface area contributed by atoms with E-state index in [-0.39, 0.29) is 17.8 Å². The molecular formula is C10H9N3O3S. The smallest absolute Gasteiger partial charge is 0.356 e. The predicted molar refractivity (Wildman–Crippen MR) is 61.4 cm³/mol. The van der Waals surface area contributed by atoms with Gasteiger partial charge in [0.1, 0.15) is 5.01 Å². The van der Waals surface area contributed by atoms with E-state index in [2.05, 4.69) is 10.1 Å². The first kappa shape index (κ1) is 11.5.